The SMILES string of the molecule is Cc1cnc(C(=O)N2CCC(N)C2)cn1. The van der Waals surface area contributed by atoms with E-state index in [-0.39, 0.29) is 11.9 Å². The molecule has 1 aromatic rings. The van der Waals surface area contributed by atoms with Crippen LogP contribution in [0, 0.1) is 6.92 Å². The summed E-state index contributed by atoms with van der Waals surface area (Å²) in [5.74, 6) is -0.0737. The fraction of sp³-hybridized carbons (Fsp3) is 0.500. The summed E-state index contributed by atoms with van der Waals surface area (Å²) >= 11 is 0. The summed E-state index contributed by atoms with van der Waals surface area (Å²) < 4.78 is 0. The maximum Gasteiger partial charge on any atom is 0.274 e. The Balaban J connectivity index is 2.11. The zero-order valence-corrected chi connectivity index (χ0v) is 8.68. The molecule has 1 saturated heterocycles. The van der Waals surface area contributed by atoms with E-state index >= 15 is 0 Å². The van der Waals surface area contributed by atoms with E-state index in [1.54, 1.807) is 11.1 Å². The van der Waals surface area contributed by atoms with Crippen LogP contribution in [0.15, 0.2) is 12.4 Å². The normalized spacial score (nSPS) is 20.7. The smallest absolute Gasteiger partial charge is 0.274 e. The van der Waals surface area contributed by atoms with Crippen LogP contribution in [0.2, 0.25) is 0 Å². The van der Waals surface area contributed by atoms with Gasteiger partial charge in [0.2, 0.25) is 0 Å². The first-order valence-electron chi connectivity index (χ1n) is 5.00. The van der Waals surface area contributed by atoms with Gasteiger partial charge in [0.05, 0.1) is 11.9 Å². The van der Waals surface area contributed by atoms with Gasteiger partial charge >= 0.3 is 0 Å². The van der Waals surface area contributed by atoms with Crippen LogP contribution in [0.1, 0.15) is 22.6 Å². The third kappa shape index (κ3) is 2.12. The quantitative estimate of drug-likeness (QED) is 0.699. The van der Waals surface area contributed by atoms with Gasteiger partial charge in [-0.1, -0.05) is 0 Å². The molecule has 0 saturated carbocycles. The zero-order chi connectivity index (χ0) is 10.8. The molecule has 15 heavy (non-hydrogen) atoms. The number of likely N-dealkylation sites (tertiary alicyclic amines) is 1. The number of rotatable bonds is 1. The van der Waals surface area contributed by atoms with E-state index < -0.39 is 0 Å². The number of nitrogens with zero attached hydrogens (tertiary/aromatic N) is 3. The largest absolute Gasteiger partial charge is 0.336 e. The van der Waals surface area contributed by atoms with Gasteiger partial charge in [-0.25, -0.2) is 4.98 Å². The molecule has 1 aromatic heterocycles. The standard InChI is InChI=1S/C10H14N4O/c1-7-4-13-9(5-12-7)10(15)14-3-2-8(11)6-14/h4-5,8H,2-3,6,11H2,1H3. The molecule has 5 heteroatoms. The van der Waals surface area contributed by atoms with Gasteiger partial charge in [0, 0.05) is 25.3 Å². The first kappa shape index (κ1) is 10.0. The minimum absolute atomic E-state index is 0.0737. The van der Waals surface area contributed by atoms with Crippen molar-refractivity contribution in [1.82, 2.24) is 14.9 Å². The summed E-state index contributed by atoms with van der Waals surface area (Å²) in [6.07, 6.45) is 3.98. The minimum Gasteiger partial charge on any atom is -0.336 e. The molecule has 0 aromatic carbocycles. The predicted octanol–water partition coefficient (Wildman–Crippen LogP) is -0.0418. The summed E-state index contributed by atoms with van der Waals surface area (Å²) in [4.78, 5) is 21.7. The number of nitrogens with two attached hydrogens (primary N) is 1. The lowest BCUT2D eigenvalue weighted by molar-refractivity contribution is 0.0784. The molecular formula is C10H14N4O. The van der Waals surface area contributed by atoms with E-state index in [0.29, 0.717) is 12.2 Å². The first-order valence-corrected chi connectivity index (χ1v) is 5.00. The van der Waals surface area contributed by atoms with Gasteiger partial charge in [0.1, 0.15) is 5.69 Å². The van der Waals surface area contributed by atoms with Crippen molar-refractivity contribution in [3.63, 3.8) is 0 Å². The Morgan fingerprint density at radius 2 is 2.33 bits per heavy atom. The monoisotopic (exact) mass is 206 g/mol. The highest BCUT2D eigenvalue weighted by Crippen LogP contribution is 2.10. The molecule has 0 bridgehead atoms. The topological polar surface area (TPSA) is 72.1 Å². The van der Waals surface area contributed by atoms with E-state index in [4.69, 9.17) is 5.73 Å². The van der Waals surface area contributed by atoms with Crippen LogP contribution >= 0.6 is 0 Å². The number of amides is 1. The Bertz CT molecular complexity index is 362. The third-order valence-corrected chi connectivity index (χ3v) is 2.51. The molecule has 2 N–H and O–H groups in total. The molecule has 80 valence electrons. The molecule has 1 amide bonds. The van der Waals surface area contributed by atoms with Crippen LogP contribution in [-0.4, -0.2) is 39.9 Å². The van der Waals surface area contributed by atoms with Crippen molar-refractivity contribution in [3.05, 3.63) is 23.8 Å². The van der Waals surface area contributed by atoms with Gasteiger partial charge in [-0.05, 0) is 13.3 Å². The van der Waals surface area contributed by atoms with Gasteiger partial charge in [-0.3, -0.25) is 9.78 Å². The lowest BCUT2D eigenvalue weighted by Gasteiger charge is -2.14. The van der Waals surface area contributed by atoms with Crippen LogP contribution in [-0.2, 0) is 0 Å². The van der Waals surface area contributed by atoms with Gasteiger partial charge < -0.3 is 10.6 Å². The van der Waals surface area contributed by atoms with E-state index in [9.17, 15) is 4.79 Å². The second kappa shape index (κ2) is 3.94. The average Bonchev–Trinajstić information content (AvgIpc) is 2.65. The van der Waals surface area contributed by atoms with Crippen LogP contribution in [0.5, 0.6) is 0 Å². The molecule has 0 spiro atoms. The Morgan fingerprint density at radius 3 is 2.87 bits per heavy atom. The fourth-order valence-corrected chi connectivity index (χ4v) is 1.64. The summed E-state index contributed by atoms with van der Waals surface area (Å²) in [6.45, 7) is 3.18. The summed E-state index contributed by atoms with van der Waals surface area (Å²) in [7, 11) is 0. The Hall–Kier alpha value is -1.49. The molecule has 0 radical (unpaired) electrons. The van der Waals surface area contributed by atoms with E-state index in [2.05, 4.69) is 9.97 Å². The van der Waals surface area contributed by atoms with Gasteiger partial charge in [-0.2, -0.15) is 0 Å². The highest BCUT2D eigenvalue weighted by atomic mass is 16.2. The number of carbonyl (C=O) groups is 1. The van der Waals surface area contributed by atoms with Crippen LogP contribution in [0.3, 0.4) is 0 Å². The van der Waals surface area contributed by atoms with Gasteiger partial charge in [-0.15, -0.1) is 0 Å². The second-order valence-corrected chi connectivity index (χ2v) is 3.84. The van der Waals surface area contributed by atoms with Crippen molar-refractivity contribution in [2.45, 2.75) is 19.4 Å². The predicted molar refractivity (Wildman–Crippen MR) is 55.3 cm³/mol. The van der Waals surface area contributed by atoms with Crippen molar-refractivity contribution < 1.29 is 4.79 Å². The Morgan fingerprint density at radius 1 is 1.53 bits per heavy atom. The molecular weight excluding hydrogens is 192 g/mol. The molecule has 1 fully saturated rings. The second-order valence-electron chi connectivity index (χ2n) is 3.84. The highest BCUT2D eigenvalue weighted by molar-refractivity contribution is 5.92. The fourth-order valence-electron chi connectivity index (χ4n) is 1.64. The van der Waals surface area contributed by atoms with E-state index in [0.717, 1.165) is 18.7 Å². The molecule has 1 aliphatic rings. The molecule has 1 aliphatic heterocycles. The number of aryl methyl sites for hydroxylation is 1. The van der Waals surface area contributed by atoms with Crippen LogP contribution < -0.4 is 5.73 Å². The maximum atomic E-state index is 11.9. The average molecular weight is 206 g/mol. The first-order chi connectivity index (χ1) is 7.16. The van der Waals surface area contributed by atoms with Crippen molar-refractivity contribution >= 4 is 5.91 Å². The molecule has 5 nitrogen and oxygen atoms in total. The number of hydrogen-bond acceptors (Lipinski definition) is 4. The summed E-state index contributed by atoms with van der Waals surface area (Å²) in [5.41, 5.74) is 6.94. The third-order valence-electron chi connectivity index (χ3n) is 2.51. The van der Waals surface area contributed by atoms with Crippen molar-refractivity contribution in [3.8, 4) is 0 Å². The van der Waals surface area contributed by atoms with Gasteiger partial charge in [0.25, 0.3) is 5.91 Å². The zero-order valence-electron chi connectivity index (χ0n) is 8.68. The molecule has 1 atom stereocenters. The Kier molecular flexibility index (Phi) is 2.64. The van der Waals surface area contributed by atoms with Crippen molar-refractivity contribution in [2.75, 3.05) is 13.1 Å². The van der Waals surface area contributed by atoms with Crippen LogP contribution in [0.25, 0.3) is 0 Å². The molecule has 2 rings (SSSR count). The Labute approximate surface area is 88.3 Å². The molecule has 1 unspecified atom stereocenters. The van der Waals surface area contributed by atoms with Crippen molar-refractivity contribution in [1.29, 1.82) is 0 Å². The summed E-state index contributed by atoms with van der Waals surface area (Å²) in [5, 5.41) is 0. The summed E-state index contributed by atoms with van der Waals surface area (Å²) in [6, 6.07) is 0.104. The van der Waals surface area contributed by atoms with E-state index in [1.807, 2.05) is 6.92 Å². The van der Waals surface area contributed by atoms with Gasteiger partial charge in [0.15, 0.2) is 0 Å². The lowest BCUT2D eigenvalue weighted by atomic mass is 10.3. The van der Waals surface area contributed by atoms with Crippen LogP contribution in [0.4, 0.5) is 0 Å². The minimum atomic E-state index is -0.0737. The number of carbonyl (C=O) groups excluding carboxylic acids is 1. The van der Waals surface area contributed by atoms with E-state index in [1.165, 1.54) is 6.20 Å². The number of hydrogen-bond donors (Lipinski definition) is 1. The molecule has 0 aliphatic carbocycles. The molecule has 2 heterocycles. The number of aromatic nitrogens is 2. The lowest BCUT2D eigenvalue weighted by Crippen LogP contribution is -2.32. The maximum absolute atomic E-state index is 11.9. The highest BCUT2D eigenvalue weighted by Gasteiger charge is 2.25. The van der Waals surface area contributed by atoms with Crippen molar-refractivity contribution in [2.24, 2.45) is 5.73 Å².